The molecule has 2 aromatic rings. The van der Waals surface area contributed by atoms with Crippen molar-refractivity contribution in [1.82, 2.24) is 15.1 Å². The molecule has 0 saturated heterocycles. The van der Waals surface area contributed by atoms with Crippen LogP contribution in [-0.2, 0) is 11.3 Å². The van der Waals surface area contributed by atoms with E-state index in [4.69, 9.17) is 10.5 Å². The van der Waals surface area contributed by atoms with E-state index in [1.807, 2.05) is 45.0 Å². The van der Waals surface area contributed by atoms with Gasteiger partial charge in [-0.3, -0.25) is 9.89 Å². The zero-order valence-electron chi connectivity index (χ0n) is 15.1. The van der Waals surface area contributed by atoms with Gasteiger partial charge < -0.3 is 15.4 Å². The Bertz CT molecular complexity index is 719. The summed E-state index contributed by atoms with van der Waals surface area (Å²) in [5.41, 5.74) is 9.52. The average Bonchev–Trinajstić information content (AvgIpc) is 2.96. The smallest absolute Gasteiger partial charge is 0.244 e. The van der Waals surface area contributed by atoms with E-state index in [1.54, 1.807) is 11.0 Å². The lowest BCUT2D eigenvalue weighted by Crippen LogP contribution is -2.38. The van der Waals surface area contributed by atoms with Crippen molar-refractivity contribution in [2.24, 2.45) is 5.73 Å². The number of hydrogen-bond donors (Lipinski definition) is 2. The number of ether oxygens (including phenoxy) is 1. The van der Waals surface area contributed by atoms with Gasteiger partial charge in [0.25, 0.3) is 0 Å². The van der Waals surface area contributed by atoms with Crippen LogP contribution in [0.25, 0.3) is 0 Å². The number of rotatable bonds is 8. The van der Waals surface area contributed by atoms with Crippen LogP contribution < -0.4 is 10.5 Å². The molecule has 3 N–H and O–H groups in total. The molecular formula is C19H26N4O2. The minimum atomic E-state index is -0.736. The predicted molar refractivity (Wildman–Crippen MR) is 98.2 cm³/mol. The number of nitrogens with two attached hydrogens (primary N) is 1. The van der Waals surface area contributed by atoms with E-state index < -0.39 is 6.04 Å². The molecule has 1 amide bonds. The molecule has 0 unspecified atom stereocenters. The van der Waals surface area contributed by atoms with E-state index in [9.17, 15) is 4.79 Å². The van der Waals surface area contributed by atoms with Crippen LogP contribution in [0.15, 0.2) is 36.9 Å². The summed E-state index contributed by atoms with van der Waals surface area (Å²) in [5.74, 6) is 0.617. The van der Waals surface area contributed by atoms with Gasteiger partial charge >= 0.3 is 0 Å². The first-order valence-electron chi connectivity index (χ1n) is 8.37. The number of benzene rings is 1. The molecule has 0 aliphatic rings. The van der Waals surface area contributed by atoms with Gasteiger partial charge in [-0.05, 0) is 26.8 Å². The number of nitrogens with one attached hydrogen (secondary N) is 1. The number of carbonyl (C=O) groups is 1. The van der Waals surface area contributed by atoms with Crippen LogP contribution in [0.3, 0.4) is 0 Å². The normalized spacial score (nSPS) is 11.8. The fourth-order valence-electron chi connectivity index (χ4n) is 2.81. The summed E-state index contributed by atoms with van der Waals surface area (Å²) in [4.78, 5) is 14.6. The van der Waals surface area contributed by atoms with Crippen molar-refractivity contribution in [3.05, 3.63) is 59.4 Å². The van der Waals surface area contributed by atoms with Crippen LogP contribution in [0, 0.1) is 13.8 Å². The van der Waals surface area contributed by atoms with Gasteiger partial charge in [0, 0.05) is 29.9 Å². The molecule has 0 fully saturated rings. The van der Waals surface area contributed by atoms with E-state index in [0.29, 0.717) is 19.7 Å². The van der Waals surface area contributed by atoms with E-state index in [1.165, 1.54) is 0 Å². The summed E-state index contributed by atoms with van der Waals surface area (Å²) < 4.78 is 5.68. The maximum Gasteiger partial charge on any atom is 0.244 e. The molecule has 1 aromatic heterocycles. The molecule has 1 heterocycles. The van der Waals surface area contributed by atoms with Crippen molar-refractivity contribution in [3.63, 3.8) is 0 Å². The van der Waals surface area contributed by atoms with E-state index in [-0.39, 0.29) is 5.91 Å². The molecule has 6 nitrogen and oxygen atoms in total. The molecule has 134 valence electrons. The highest BCUT2D eigenvalue weighted by Gasteiger charge is 2.26. The molecule has 0 saturated carbocycles. The summed E-state index contributed by atoms with van der Waals surface area (Å²) in [7, 11) is 0. The standard InChI is InChI=1S/C19H26N4O2/c1-5-11-25-16-10-8-7-9-15(16)12-23(6-2)19(24)18(20)17-13(3)21-22-14(17)4/h5,7-10,18H,1,6,11-12,20H2,2-4H3,(H,21,22)/t18-/m1/s1. The second kappa shape index (κ2) is 8.48. The van der Waals surface area contributed by atoms with Crippen LogP contribution in [0.2, 0.25) is 0 Å². The summed E-state index contributed by atoms with van der Waals surface area (Å²) in [6.07, 6.45) is 1.69. The lowest BCUT2D eigenvalue weighted by atomic mass is 10.0. The third-order valence-electron chi connectivity index (χ3n) is 4.15. The Hall–Kier alpha value is -2.60. The SMILES string of the molecule is C=CCOc1ccccc1CN(CC)C(=O)[C@H](N)c1c(C)n[nH]c1C. The van der Waals surface area contributed by atoms with Gasteiger partial charge in [-0.25, -0.2) is 0 Å². The molecule has 1 atom stereocenters. The maximum atomic E-state index is 12.9. The van der Waals surface area contributed by atoms with Crippen LogP contribution >= 0.6 is 0 Å². The number of H-pyrrole nitrogens is 1. The van der Waals surface area contributed by atoms with Gasteiger partial charge in [0.15, 0.2) is 0 Å². The average molecular weight is 342 g/mol. The number of aromatic nitrogens is 2. The van der Waals surface area contributed by atoms with Gasteiger partial charge in [-0.2, -0.15) is 5.10 Å². The summed E-state index contributed by atoms with van der Waals surface area (Å²) in [5, 5.41) is 7.01. The van der Waals surface area contributed by atoms with Gasteiger partial charge in [0.1, 0.15) is 18.4 Å². The minimum Gasteiger partial charge on any atom is -0.489 e. The highest BCUT2D eigenvalue weighted by atomic mass is 16.5. The molecule has 1 aromatic carbocycles. The van der Waals surface area contributed by atoms with Gasteiger partial charge in [0.2, 0.25) is 5.91 Å². The van der Waals surface area contributed by atoms with Crippen molar-refractivity contribution < 1.29 is 9.53 Å². The fraction of sp³-hybridized carbons (Fsp3) is 0.368. The summed E-state index contributed by atoms with van der Waals surface area (Å²) in [6, 6.07) is 6.94. The number of carbonyl (C=O) groups excluding carboxylic acids is 1. The predicted octanol–water partition coefficient (Wildman–Crippen LogP) is 2.64. The lowest BCUT2D eigenvalue weighted by Gasteiger charge is -2.25. The first kappa shape index (κ1) is 18.7. The number of nitrogens with zero attached hydrogens (tertiary/aromatic N) is 2. The van der Waals surface area contributed by atoms with Crippen LogP contribution in [-0.4, -0.2) is 34.2 Å². The molecule has 0 radical (unpaired) electrons. The quantitative estimate of drug-likeness (QED) is 0.722. The van der Waals surface area contributed by atoms with Gasteiger partial charge in [-0.1, -0.05) is 30.9 Å². The molecule has 0 aliphatic carbocycles. The second-order valence-electron chi connectivity index (χ2n) is 5.89. The fourth-order valence-corrected chi connectivity index (χ4v) is 2.81. The van der Waals surface area contributed by atoms with Gasteiger partial charge in [-0.15, -0.1) is 0 Å². The Morgan fingerprint density at radius 1 is 1.44 bits per heavy atom. The number of likely N-dealkylation sites (N-methyl/N-ethyl adjacent to an activating group) is 1. The Kier molecular flexibility index (Phi) is 6.36. The van der Waals surface area contributed by atoms with E-state index in [2.05, 4.69) is 16.8 Å². The topological polar surface area (TPSA) is 84.2 Å². The monoisotopic (exact) mass is 342 g/mol. The Morgan fingerprint density at radius 2 is 2.16 bits per heavy atom. The van der Waals surface area contributed by atoms with Crippen LogP contribution in [0.4, 0.5) is 0 Å². The summed E-state index contributed by atoms with van der Waals surface area (Å²) >= 11 is 0. The minimum absolute atomic E-state index is 0.131. The number of para-hydroxylation sites is 1. The molecule has 0 aliphatic heterocycles. The van der Waals surface area contributed by atoms with Crippen molar-refractivity contribution >= 4 is 5.91 Å². The zero-order valence-corrected chi connectivity index (χ0v) is 15.1. The Balaban J connectivity index is 2.20. The Morgan fingerprint density at radius 3 is 2.76 bits per heavy atom. The molecular weight excluding hydrogens is 316 g/mol. The highest BCUT2D eigenvalue weighted by Crippen LogP contribution is 2.23. The molecule has 25 heavy (non-hydrogen) atoms. The second-order valence-corrected chi connectivity index (χ2v) is 5.89. The lowest BCUT2D eigenvalue weighted by molar-refractivity contribution is -0.133. The van der Waals surface area contributed by atoms with Crippen molar-refractivity contribution in [2.45, 2.75) is 33.4 Å². The molecule has 6 heteroatoms. The third-order valence-corrected chi connectivity index (χ3v) is 4.15. The Labute approximate surface area is 148 Å². The van der Waals surface area contributed by atoms with Crippen LogP contribution in [0.1, 0.15) is 35.5 Å². The van der Waals surface area contributed by atoms with Crippen molar-refractivity contribution in [3.8, 4) is 5.75 Å². The number of aryl methyl sites for hydroxylation is 2. The first-order valence-corrected chi connectivity index (χ1v) is 8.37. The molecule has 0 bridgehead atoms. The first-order chi connectivity index (χ1) is 12.0. The number of aromatic amines is 1. The number of amides is 1. The number of hydrogen-bond acceptors (Lipinski definition) is 4. The van der Waals surface area contributed by atoms with Crippen LogP contribution in [0.5, 0.6) is 5.75 Å². The van der Waals surface area contributed by atoms with E-state index >= 15 is 0 Å². The third kappa shape index (κ3) is 4.28. The maximum absolute atomic E-state index is 12.9. The van der Waals surface area contributed by atoms with E-state index in [0.717, 1.165) is 28.3 Å². The molecule has 0 spiro atoms. The zero-order chi connectivity index (χ0) is 18.4. The van der Waals surface area contributed by atoms with Gasteiger partial charge in [0.05, 0.1) is 5.69 Å². The van der Waals surface area contributed by atoms with Crippen molar-refractivity contribution in [2.75, 3.05) is 13.2 Å². The summed E-state index contributed by atoms with van der Waals surface area (Å²) in [6.45, 7) is 10.7. The largest absolute Gasteiger partial charge is 0.489 e. The molecule has 2 rings (SSSR count). The van der Waals surface area contributed by atoms with Crippen molar-refractivity contribution in [1.29, 1.82) is 0 Å². The highest BCUT2D eigenvalue weighted by molar-refractivity contribution is 5.83.